The van der Waals surface area contributed by atoms with Gasteiger partial charge in [0.05, 0.1) is 0 Å². The predicted molar refractivity (Wildman–Crippen MR) is 81.2 cm³/mol. The van der Waals surface area contributed by atoms with Crippen LogP contribution in [-0.2, 0) is 4.79 Å². The quantitative estimate of drug-likeness (QED) is 0.809. The van der Waals surface area contributed by atoms with Crippen LogP contribution in [0.15, 0.2) is 0 Å². The van der Waals surface area contributed by atoms with Crippen LogP contribution in [0, 0.1) is 5.41 Å². The highest BCUT2D eigenvalue weighted by Gasteiger charge is 2.45. The van der Waals surface area contributed by atoms with E-state index < -0.39 is 12.0 Å². The average Bonchev–Trinajstić information content (AvgIpc) is 2.35. The molecule has 5 nitrogen and oxygen atoms in total. The lowest BCUT2D eigenvalue weighted by molar-refractivity contribution is -0.148. The summed E-state index contributed by atoms with van der Waals surface area (Å²) in [6.45, 7) is 6.01. The molecule has 2 heterocycles. The zero-order valence-electron chi connectivity index (χ0n) is 13.3. The molecule has 2 rings (SSSR count). The van der Waals surface area contributed by atoms with Gasteiger partial charge in [-0.05, 0) is 31.1 Å². The first-order valence-corrected chi connectivity index (χ1v) is 8.22. The van der Waals surface area contributed by atoms with Crippen molar-refractivity contribution in [3.8, 4) is 0 Å². The number of amides is 2. The molecule has 0 radical (unpaired) electrons. The molecule has 5 heteroatoms. The maximum Gasteiger partial charge on any atom is 0.327 e. The Kier molecular flexibility index (Phi) is 5.12. The molecule has 0 aromatic carbocycles. The van der Waals surface area contributed by atoms with Gasteiger partial charge in [-0.15, -0.1) is 0 Å². The second-order valence-electron chi connectivity index (χ2n) is 7.06. The van der Waals surface area contributed by atoms with Crippen molar-refractivity contribution in [3.05, 3.63) is 0 Å². The lowest BCUT2D eigenvalue weighted by Crippen LogP contribution is -2.59. The van der Waals surface area contributed by atoms with Crippen LogP contribution in [0.3, 0.4) is 0 Å². The monoisotopic (exact) mass is 296 g/mol. The molecule has 2 aliphatic heterocycles. The van der Waals surface area contributed by atoms with E-state index in [-0.39, 0.29) is 11.4 Å². The first-order chi connectivity index (χ1) is 9.93. The van der Waals surface area contributed by atoms with Gasteiger partial charge in [0, 0.05) is 19.6 Å². The molecular formula is C16H28N2O3. The summed E-state index contributed by atoms with van der Waals surface area (Å²) in [4.78, 5) is 28.0. The molecule has 2 aliphatic rings. The predicted octanol–water partition coefficient (Wildman–Crippen LogP) is 2.95. The van der Waals surface area contributed by atoms with Gasteiger partial charge >= 0.3 is 12.0 Å². The second-order valence-corrected chi connectivity index (χ2v) is 7.06. The Morgan fingerprint density at radius 3 is 2.10 bits per heavy atom. The molecule has 0 bridgehead atoms. The van der Waals surface area contributed by atoms with Gasteiger partial charge in [-0.25, -0.2) is 9.59 Å². The van der Waals surface area contributed by atoms with Crippen molar-refractivity contribution in [1.82, 2.24) is 9.80 Å². The molecular weight excluding hydrogens is 268 g/mol. The number of carboxylic acid groups (broad SMARTS) is 1. The van der Waals surface area contributed by atoms with Crippen LogP contribution in [0.25, 0.3) is 0 Å². The third-order valence-corrected chi connectivity index (χ3v) is 4.88. The Morgan fingerprint density at radius 1 is 0.952 bits per heavy atom. The van der Waals surface area contributed by atoms with Crippen LogP contribution in [-0.4, -0.2) is 52.6 Å². The van der Waals surface area contributed by atoms with E-state index in [4.69, 9.17) is 0 Å². The number of urea groups is 1. The Labute approximate surface area is 127 Å². The maximum atomic E-state index is 12.8. The normalized spacial score (nSPS) is 26.9. The van der Waals surface area contributed by atoms with E-state index >= 15 is 0 Å². The summed E-state index contributed by atoms with van der Waals surface area (Å²) in [5.74, 6) is -0.875. The van der Waals surface area contributed by atoms with Crippen molar-refractivity contribution in [1.29, 1.82) is 0 Å². The molecule has 1 N–H and O–H groups in total. The van der Waals surface area contributed by atoms with Crippen molar-refractivity contribution >= 4 is 12.0 Å². The third kappa shape index (κ3) is 3.69. The van der Waals surface area contributed by atoms with Gasteiger partial charge in [-0.3, -0.25) is 0 Å². The zero-order valence-corrected chi connectivity index (χ0v) is 13.3. The number of hydrogen-bond donors (Lipinski definition) is 1. The van der Waals surface area contributed by atoms with Gasteiger partial charge in [0.15, 0.2) is 0 Å². The van der Waals surface area contributed by atoms with Crippen molar-refractivity contribution in [3.63, 3.8) is 0 Å². The van der Waals surface area contributed by atoms with Crippen LogP contribution in [0.5, 0.6) is 0 Å². The summed E-state index contributed by atoms with van der Waals surface area (Å²) in [6.07, 6.45) is 7.37. The van der Waals surface area contributed by atoms with E-state index in [0.29, 0.717) is 6.54 Å². The number of carbonyl (C=O) groups excluding carboxylic acids is 1. The maximum absolute atomic E-state index is 12.8. The number of carboxylic acids is 1. The highest BCUT2D eigenvalue weighted by Crippen LogP contribution is 2.36. The molecule has 0 aliphatic carbocycles. The fraction of sp³-hybridized carbons (Fsp3) is 0.875. The van der Waals surface area contributed by atoms with Crippen molar-refractivity contribution in [2.75, 3.05) is 19.6 Å². The molecule has 21 heavy (non-hydrogen) atoms. The SMILES string of the molecule is CC1(C)CCCN(C(=O)N2CCCCCCC2)C1C(=O)O. The number of piperidine rings is 1. The van der Waals surface area contributed by atoms with Gasteiger partial charge in [0.25, 0.3) is 0 Å². The molecule has 2 saturated heterocycles. The summed E-state index contributed by atoms with van der Waals surface area (Å²) in [6, 6.07) is -0.777. The van der Waals surface area contributed by atoms with Crippen LogP contribution in [0.4, 0.5) is 4.79 Å². The largest absolute Gasteiger partial charge is 0.480 e. The van der Waals surface area contributed by atoms with Gasteiger partial charge in [-0.1, -0.05) is 33.1 Å². The molecule has 0 spiro atoms. The van der Waals surface area contributed by atoms with E-state index in [1.807, 2.05) is 18.7 Å². The minimum atomic E-state index is -0.875. The average molecular weight is 296 g/mol. The highest BCUT2D eigenvalue weighted by molar-refractivity contribution is 5.83. The third-order valence-electron chi connectivity index (χ3n) is 4.88. The molecule has 0 saturated carbocycles. The smallest absolute Gasteiger partial charge is 0.327 e. The van der Waals surface area contributed by atoms with E-state index in [9.17, 15) is 14.7 Å². The van der Waals surface area contributed by atoms with Gasteiger partial charge in [0.1, 0.15) is 6.04 Å². The molecule has 0 aromatic rings. The zero-order chi connectivity index (χ0) is 15.5. The minimum absolute atomic E-state index is 0.0722. The number of rotatable bonds is 1. The van der Waals surface area contributed by atoms with Gasteiger partial charge < -0.3 is 14.9 Å². The van der Waals surface area contributed by atoms with E-state index in [1.54, 1.807) is 4.90 Å². The Bertz CT molecular complexity index is 387. The first-order valence-electron chi connectivity index (χ1n) is 8.22. The highest BCUT2D eigenvalue weighted by atomic mass is 16.4. The lowest BCUT2D eigenvalue weighted by atomic mass is 9.76. The van der Waals surface area contributed by atoms with Crippen LogP contribution in [0.2, 0.25) is 0 Å². The molecule has 2 fully saturated rings. The van der Waals surface area contributed by atoms with Gasteiger partial charge in [-0.2, -0.15) is 0 Å². The standard InChI is InChI=1S/C16H28N2O3/c1-16(2)9-8-12-18(13(16)14(19)20)15(21)17-10-6-4-3-5-7-11-17/h13H,3-12H2,1-2H3,(H,19,20). The van der Waals surface area contributed by atoms with Crippen molar-refractivity contribution in [2.24, 2.45) is 5.41 Å². The number of aliphatic carboxylic acids is 1. The second kappa shape index (κ2) is 6.67. The lowest BCUT2D eigenvalue weighted by Gasteiger charge is -2.45. The van der Waals surface area contributed by atoms with Crippen molar-refractivity contribution in [2.45, 2.75) is 64.8 Å². The summed E-state index contributed by atoms with van der Waals surface area (Å²) in [7, 11) is 0. The summed E-state index contributed by atoms with van der Waals surface area (Å²) in [5, 5.41) is 9.58. The molecule has 0 aromatic heterocycles. The molecule has 2 amide bonds. The molecule has 1 atom stereocenters. The van der Waals surface area contributed by atoms with Crippen LogP contribution >= 0.6 is 0 Å². The Balaban J connectivity index is 2.12. The Morgan fingerprint density at radius 2 is 1.52 bits per heavy atom. The summed E-state index contributed by atoms with van der Waals surface area (Å²) >= 11 is 0. The number of hydrogen-bond acceptors (Lipinski definition) is 2. The minimum Gasteiger partial charge on any atom is -0.480 e. The number of likely N-dealkylation sites (tertiary alicyclic amines) is 2. The number of carbonyl (C=O) groups is 2. The summed E-state index contributed by atoms with van der Waals surface area (Å²) < 4.78 is 0. The van der Waals surface area contributed by atoms with Crippen LogP contribution < -0.4 is 0 Å². The van der Waals surface area contributed by atoms with E-state index in [0.717, 1.165) is 51.6 Å². The van der Waals surface area contributed by atoms with Crippen LogP contribution in [0.1, 0.15) is 58.8 Å². The Hall–Kier alpha value is -1.26. The fourth-order valence-corrected chi connectivity index (χ4v) is 3.69. The van der Waals surface area contributed by atoms with Crippen molar-refractivity contribution < 1.29 is 14.7 Å². The van der Waals surface area contributed by atoms with E-state index in [2.05, 4.69) is 0 Å². The number of nitrogens with zero attached hydrogens (tertiary/aromatic N) is 2. The topological polar surface area (TPSA) is 60.9 Å². The molecule has 1 unspecified atom stereocenters. The first kappa shape index (κ1) is 16.1. The summed E-state index contributed by atoms with van der Waals surface area (Å²) in [5.41, 5.74) is -0.359. The van der Waals surface area contributed by atoms with Gasteiger partial charge in [0.2, 0.25) is 0 Å². The van der Waals surface area contributed by atoms with E-state index in [1.165, 1.54) is 6.42 Å². The fourth-order valence-electron chi connectivity index (χ4n) is 3.69. The molecule has 120 valence electrons.